The Morgan fingerprint density at radius 1 is 1.18 bits per heavy atom. The predicted molar refractivity (Wildman–Crippen MR) is 76.9 cm³/mol. The number of hydrogen-bond acceptors (Lipinski definition) is 3. The Hall–Kier alpha value is -0.930. The molecule has 0 radical (unpaired) electrons. The number of halogens is 1. The van der Waals surface area contributed by atoms with Crippen molar-refractivity contribution in [1.29, 1.82) is 0 Å². The van der Waals surface area contributed by atoms with Crippen molar-refractivity contribution < 1.29 is 0 Å². The number of likely N-dealkylation sites (N-methyl/N-ethyl adjacent to an activating group) is 1. The van der Waals surface area contributed by atoms with Crippen LogP contribution < -0.4 is 10.6 Å². The molecule has 0 unspecified atom stereocenters. The second kappa shape index (κ2) is 6.72. The lowest BCUT2D eigenvalue weighted by molar-refractivity contribution is 0.413. The minimum Gasteiger partial charge on any atom is -0.397 e. The molecular weight excluding hydrogens is 234 g/mol. The van der Waals surface area contributed by atoms with Crippen molar-refractivity contribution in [1.82, 2.24) is 4.90 Å². The molecule has 0 heterocycles. The minimum atomic E-state index is 0.690. The van der Waals surface area contributed by atoms with Gasteiger partial charge in [-0.05, 0) is 38.7 Å². The van der Waals surface area contributed by atoms with Gasteiger partial charge in [0.2, 0.25) is 0 Å². The third-order valence-corrected chi connectivity index (χ3v) is 2.88. The van der Waals surface area contributed by atoms with Crippen LogP contribution in [-0.4, -0.2) is 38.6 Å². The zero-order valence-electron chi connectivity index (χ0n) is 10.9. The van der Waals surface area contributed by atoms with E-state index in [4.69, 9.17) is 17.3 Å². The predicted octanol–water partition coefficient (Wildman–Crippen LogP) is 2.70. The summed E-state index contributed by atoms with van der Waals surface area (Å²) in [6, 6.07) is 5.71. The Bertz CT molecular complexity index is 353. The monoisotopic (exact) mass is 255 g/mol. The molecule has 0 saturated heterocycles. The first kappa shape index (κ1) is 14.1. The van der Waals surface area contributed by atoms with Crippen LogP contribution in [0.3, 0.4) is 0 Å². The number of nitrogens with two attached hydrogens (primary N) is 1. The highest BCUT2D eigenvalue weighted by Gasteiger charge is 2.09. The maximum atomic E-state index is 6.02. The first-order valence-electron chi connectivity index (χ1n) is 5.99. The standard InChI is InChI=1S/C13H22ClN3/c1-4-7-17(9-8-16(2)3)13-6-5-11(14)10-12(13)15/h5-6,10H,4,7-9,15H2,1-3H3. The molecule has 3 nitrogen and oxygen atoms in total. The summed E-state index contributed by atoms with van der Waals surface area (Å²) in [6.07, 6.45) is 1.11. The number of benzene rings is 1. The van der Waals surface area contributed by atoms with Gasteiger partial charge in [-0.1, -0.05) is 18.5 Å². The number of anilines is 2. The molecule has 2 N–H and O–H groups in total. The highest BCUT2D eigenvalue weighted by molar-refractivity contribution is 6.31. The van der Waals surface area contributed by atoms with E-state index >= 15 is 0 Å². The maximum absolute atomic E-state index is 6.02. The summed E-state index contributed by atoms with van der Waals surface area (Å²) < 4.78 is 0. The maximum Gasteiger partial charge on any atom is 0.0601 e. The van der Waals surface area contributed by atoms with Gasteiger partial charge in [0.05, 0.1) is 11.4 Å². The molecular formula is C13H22ClN3. The summed E-state index contributed by atoms with van der Waals surface area (Å²) in [5.74, 6) is 0. The second-order valence-corrected chi connectivity index (χ2v) is 4.93. The topological polar surface area (TPSA) is 32.5 Å². The smallest absolute Gasteiger partial charge is 0.0601 e. The van der Waals surface area contributed by atoms with Gasteiger partial charge in [-0.2, -0.15) is 0 Å². The SMILES string of the molecule is CCCN(CCN(C)C)c1ccc(Cl)cc1N. The average Bonchev–Trinajstić information content (AvgIpc) is 2.24. The van der Waals surface area contributed by atoms with E-state index in [0.29, 0.717) is 5.02 Å². The zero-order valence-corrected chi connectivity index (χ0v) is 11.7. The molecule has 0 atom stereocenters. The summed E-state index contributed by atoms with van der Waals surface area (Å²) in [5.41, 5.74) is 7.86. The summed E-state index contributed by atoms with van der Waals surface area (Å²) in [5, 5.41) is 0.690. The van der Waals surface area contributed by atoms with Crippen LogP contribution in [0.25, 0.3) is 0 Å². The lowest BCUT2D eigenvalue weighted by Gasteiger charge is -2.27. The number of nitrogens with zero attached hydrogens (tertiary/aromatic N) is 2. The average molecular weight is 256 g/mol. The molecule has 1 aromatic rings. The van der Waals surface area contributed by atoms with Gasteiger partial charge in [0.15, 0.2) is 0 Å². The van der Waals surface area contributed by atoms with Crippen LogP contribution in [0.2, 0.25) is 5.02 Å². The van der Waals surface area contributed by atoms with E-state index in [0.717, 1.165) is 37.4 Å². The number of rotatable bonds is 6. The fourth-order valence-corrected chi connectivity index (χ4v) is 1.94. The molecule has 96 valence electrons. The normalized spacial score (nSPS) is 10.9. The van der Waals surface area contributed by atoms with Gasteiger partial charge in [-0.25, -0.2) is 0 Å². The van der Waals surface area contributed by atoms with Crippen LogP contribution in [0.15, 0.2) is 18.2 Å². The molecule has 0 aromatic heterocycles. The Morgan fingerprint density at radius 2 is 1.88 bits per heavy atom. The highest BCUT2D eigenvalue weighted by Crippen LogP contribution is 2.26. The van der Waals surface area contributed by atoms with Crippen LogP contribution in [0, 0.1) is 0 Å². The van der Waals surface area contributed by atoms with E-state index in [1.54, 1.807) is 0 Å². The molecule has 0 fully saturated rings. The third-order valence-electron chi connectivity index (χ3n) is 2.64. The van der Waals surface area contributed by atoms with Gasteiger partial charge in [-0.3, -0.25) is 0 Å². The largest absolute Gasteiger partial charge is 0.397 e. The highest BCUT2D eigenvalue weighted by atomic mass is 35.5. The first-order chi connectivity index (χ1) is 8.04. The lowest BCUT2D eigenvalue weighted by Crippen LogP contribution is -2.32. The van der Waals surface area contributed by atoms with Crippen molar-refractivity contribution >= 4 is 23.0 Å². The Kier molecular flexibility index (Phi) is 5.59. The van der Waals surface area contributed by atoms with Crippen LogP contribution in [0.1, 0.15) is 13.3 Å². The summed E-state index contributed by atoms with van der Waals surface area (Å²) in [6.45, 7) is 5.18. The van der Waals surface area contributed by atoms with Crippen molar-refractivity contribution in [2.75, 3.05) is 44.4 Å². The van der Waals surface area contributed by atoms with Crippen LogP contribution >= 0.6 is 11.6 Å². The van der Waals surface area contributed by atoms with Crippen LogP contribution in [-0.2, 0) is 0 Å². The van der Waals surface area contributed by atoms with Gasteiger partial charge in [0.1, 0.15) is 0 Å². The fourth-order valence-electron chi connectivity index (χ4n) is 1.76. The number of nitrogen functional groups attached to an aromatic ring is 1. The summed E-state index contributed by atoms with van der Waals surface area (Å²) in [7, 11) is 4.16. The van der Waals surface area contributed by atoms with Gasteiger partial charge < -0.3 is 15.5 Å². The van der Waals surface area contributed by atoms with E-state index in [2.05, 4.69) is 30.8 Å². The third kappa shape index (κ3) is 4.44. The molecule has 1 aromatic carbocycles. The van der Waals surface area contributed by atoms with E-state index in [1.807, 2.05) is 18.2 Å². The molecule has 0 aliphatic heterocycles. The van der Waals surface area contributed by atoms with Gasteiger partial charge >= 0.3 is 0 Å². The van der Waals surface area contributed by atoms with Gasteiger partial charge in [0.25, 0.3) is 0 Å². The van der Waals surface area contributed by atoms with E-state index in [1.165, 1.54) is 0 Å². The van der Waals surface area contributed by atoms with E-state index in [9.17, 15) is 0 Å². The summed E-state index contributed by atoms with van der Waals surface area (Å²) in [4.78, 5) is 4.49. The second-order valence-electron chi connectivity index (χ2n) is 4.49. The molecule has 0 bridgehead atoms. The van der Waals surface area contributed by atoms with Crippen LogP contribution in [0.4, 0.5) is 11.4 Å². The molecule has 0 aliphatic rings. The van der Waals surface area contributed by atoms with E-state index in [-0.39, 0.29) is 0 Å². The van der Waals surface area contributed by atoms with Crippen molar-refractivity contribution in [3.63, 3.8) is 0 Å². The molecule has 0 amide bonds. The lowest BCUT2D eigenvalue weighted by atomic mass is 10.2. The molecule has 17 heavy (non-hydrogen) atoms. The van der Waals surface area contributed by atoms with Gasteiger partial charge in [0, 0.05) is 24.7 Å². The number of hydrogen-bond donors (Lipinski definition) is 1. The van der Waals surface area contributed by atoms with Gasteiger partial charge in [-0.15, -0.1) is 0 Å². The minimum absolute atomic E-state index is 0.690. The molecule has 0 saturated carbocycles. The molecule has 1 rings (SSSR count). The fraction of sp³-hybridized carbons (Fsp3) is 0.538. The van der Waals surface area contributed by atoms with Crippen molar-refractivity contribution in [2.24, 2.45) is 0 Å². The molecule has 0 aliphatic carbocycles. The Balaban J connectivity index is 2.81. The summed E-state index contributed by atoms with van der Waals surface area (Å²) >= 11 is 5.92. The molecule has 0 spiro atoms. The van der Waals surface area contributed by atoms with Crippen molar-refractivity contribution in [2.45, 2.75) is 13.3 Å². The van der Waals surface area contributed by atoms with Crippen molar-refractivity contribution in [3.05, 3.63) is 23.2 Å². The first-order valence-corrected chi connectivity index (χ1v) is 6.37. The molecule has 4 heteroatoms. The Morgan fingerprint density at radius 3 is 2.41 bits per heavy atom. The zero-order chi connectivity index (χ0) is 12.8. The van der Waals surface area contributed by atoms with E-state index < -0.39 is 0 Å². The quantitative estimate of drug-likeness (QED) is 0.794. The Labute approximate surface area is 109 Å². The van der Waals surface area contributed by atoms with Crippen LogP contribution in [0.5, 0.6) is 0 Å². The van der Waals surface area contributed by atoms with Crippen molar-refractivity contribution in [3.8, 4) is 0 Å².